The summed E-state index contributed by atoms with van der Waals surface area (Å²) in [5, 5.41) is 9.21. The Kier molecular flexibility index (Phi) is 4.24. The Morgan fingerprint density at radius 2 is 1.68 bits per heavy atom. The van der Waals surface area contributed by atoms with E-state index in [0.717, 1.165) is 15.6 Å². The molecule has 2 rings (SSSR count). The van der Waals surface area contributed by atoms with E-state index in [1.54, 1.807) is 0 Å². The predicted octanol–water partition coefficient (Wildman–Crippen LogP) is 4.77. The average molecular weight is 316 g/mol. The number of halogens is 1. The molecule has 0 bridgehead atoms. The van der Waals surface area contributed by atoms with Crippen molar-refractivity contribution < 1.29 is 4.74 Å². The third kappa shape index (κ3) is 3.36. The number of benzene rings is 2. The first-order chi connectivity index (χ1) is 9.10. The van der Waals surface area contributed by atoms with E-state index in [1.165, 1.54) is 0 Å². The van der Waals surface area contributed by atoms with Crippen molar-refractivity contribution in [1.29, 1.82) is 5.26 Å². The highest BCUT2D eigenvalue weighted by Crippen LogP contribution is 2.27. The standard InChI is InChI=1S/C16H14BrNO/c1-11(2)19-16-8-5-13(9-14(16)10-18)12-3-6-15(17)7-4-12/h3-9,11H,1-2H3. The van der Waals surface area contributed by atoms with Gasteiger partial charge >= 0.3 is 0 Å². The van der Waals surface area contributed by atoms with Crippen LogP contribution in [0.5, 0.6) is 5.75 Å². The van der Waals surface area contributed by atoms with Crippen molar-refractivity contribution in [3.63, 3.8) is 0 Å². The molecular formula is C16H14BrNO. The van der Waals surface area contributed by atoms with Gasteiger partial charge in [-0.1, -0.05) is 34.1 Å². The lowest BCUT2D eigenvalue weighted by Crippen LogP contribution is -2.06. The summed E-state index contributed by atoms with van der Waals surface area (Å²) < 4.78 is 6.65. The van der Waals surface area contributed by atoms with Crippen LogP contribution in [0.1, 0.15) is 19.4 Å². The Bertz CT molecular complexity index is 612. The second-order valence-electron chi connectivity index (χ2n) is 4.50. The zero-order chi connectivity index (χ0) is 13.8. The smallest absolute Gasteiger partial charge is 0.137 e. The Balaban J connectivity index is 2.39. The van der Waals surface area contributed by atoms with Gasteiger partial charge in [0, 0.05) is 4.47 Å². The fourth-order valence-corrected chi connectivity index (χ4v) is 2.06. The first kappa shape index (κ1) is 13.6. The number of hydrogen-bond donors (Lipinski definition) is 0. The summed E-state index contributed by atoms with van der Waals surface area (Å²) >= 11 is 3.41. The van der Waals surface area contributed by atoms with E-state index in [9.17, 15) is 5.26 Å². The average Bonchev–Trinajstić information content (AvgIpc) is 2.39. The summed E-state index contributed by atoms with van der Waals surface area (Å²) in [5.74, 6) is 0.637. The number of ether oxygens (including phenoxy) is 1. The second-order valence-corrected chi connectivity index (χ2v) is 5.41. The minimum absolute atomic E-state index is 0.0608. The molecular weight excluding hydrogens is 302 g/mol. The van der Waals surface area contributed by atoms with Crippen LogP contribution in [-0.2, 0) is 0 Å². The van der Waals surface area contributed by atoms with Crippen LogP contribution in [0.4, 0.5) is 0 Å². The molecule has 0 spiro atoms. The molecule has 0 aliphatic heterocycles. The zero-order valence-corrected chi connectivity index (χ0v) is 12.4. The largest absolute Gasteiger partial charge is 0.490 e. The van der Waals surface area contributed by atoms with Gasteiger partial charge in [-0.15, -0.1) is 0 Å². The van der Waals surface area contributed by atoms with Crippen LogP contribution in [0, 0.1) is 11.3 Å². The van der Waals surface area contributed by atoms with Crippen LogP contribution in [0.15, 0.2) is 46.9 Å². The SMILES string of the molecule is CC(C)Oc1ccc(-c2ccc(Br)cc2)cc1C#N. The molecule has 0 aliphatic carbocycles. The molecule has 2 aromatic carbocycles. The summed E-state index contributed by atoms with van der Waals surface area (Å²) in [6.07, 6.45) is 0.0608. The van der Waals surface area contributed by atoms with Crippen LogP contribution in [0.25, 0.3) is 11.1 Å². The molecule has 2 nitrogen and oxygen atoms in total. The number of nitriles is 1. The molecule has 0 aliphatic rings. The van der Waals surface area contributed by atoms with Gasteiger partial charge in [0.1, 0.15) is 11.8 Å². The molecule has 96 valence electrons. The maximum absolute atomic E-state index is 9.21. The van der Waals surface area contributed by atoms with Crippen molar-refractivity contribution in [2.45, 2.75) is 20.0 Å². The van der Waals surface area contributed by atoms with Gasteiger partial charge in [0.05, 0.1) is 11.7 Å². The first-order valence-electron chi connectivity index (χ1n) is 6.07. The number of rotatable bonds is 3. The molecule has 3 heteroatoms. The molecule has 0 amide bonds. The summed E-state index contributed by atoms with van der Waals surface area (Å²) in [6.45, 7) is 3.90. The van der Waals surface area contributed by atoms with Gasteiger partial charge in [-0.25, -0.2) is 0 Å². The van der Waals surface area contributed by atoms with Gasteiger partial charge < -0.3 is 4.74 Å². The van der Waals surface area contributed by atoms with E-state index in [1.807, 2.05) is 56.3 Å². The van der Waals surface area contributed by atoms with Gasteiger partial charge in [-0.3, -0.25) is 0 Å². The lowest BCUT2D eigenvalue weighted by Gasteiger charge is -2.12. The van der Waals surface area contributed by atoms with E-state index in [4.69, 9.17) is 4.74 Å². The van der Waals surface area contributed by atoms with Crippen molar-refractivity contribution in [1.82, 2.24) is 0 Å². The van der Waals surface area contributed by atoms with Gasteiger partial charge in [0.15, 0.2) is 0 Å². The van der Waals surface area contributed by atoms with Gasteiger partial charge in [0.2, 0.25) is 0 Å². The van der Waals surface area contributed by atoms with Crippen molar-refractivity contribution in [3.05, 3.63) is 52.5 Å². The molecule has 0 N–H and O–H groups in total. The quantitative estimate of drug-likeness (QED) is 0.817. The summed E-state index contributed by atoms with van der Waals surface area (Å²) in [7, 11) is 0. The maximum Gasteiger partial charge on any atom is 0.137 e. The molecule has 0 radical (unpaired) electrons. The fourth-order valence-electron chi connectivity index (χ4n) is 1.80. The van der Waals surface area contributed by atoms with Crippen molar-refractivity contribution in [2.75, 3.05) is 0 Å². The highest BCUT2D eigenvalue weighted by molar-refractivity contribution is 9.10. The van der Waals surface area contributed by atoms with Crippen LogP contribution in [0.3, 0.4) is 0 Å². The molecule has 0 unspecified atom stereocenters. The van der Waals surface area contributed by atoms with E-state index in [0.29, 0.717) is 11.3 Å². The normalized spacial score (nSPS) is 10.3. The van der Waals surface area contributed by atoms with Gasteiger partial charge in [-0.2, -0.15) is 5.26 Å². The third-order valence-corrected chi connectivity index (χ3v) is 3.17. The lowest BCUT2D eigenvalue weighted by atomic mass is 10.0. The van der Waals surface area contributed by atoms with E-state index < -0.39 is 0 Å². The molecule has 2 aromatic rings. The van der Waals surface area contributed by atoms with E-state index in [-0.39, 0.29) is 6.10 Å². The molecule has 0 aromatic heterocycles. The van der Waals surface area contributed by atoms with Gasteiger partial charge in [0.25, 0.3) is 0 Å². The van der Waals surface area contributed by atoms with E-state index >= 15 is 0 Å². The molecule has 0 fully saturated rings. The van der Waals surface area contributed by atoms with Crippen LogP contribution in [0.2, 0.25) is 0 Å². The minimum Gasteiger partial charge on any atom is -0.490 e. The van der Waals surface area contributed by atoms with Crippen LogP contribution in [-0.4, -0.2) is 6.10 Å². The third-order valence-electron chi connectivity index (χ3n) is 2.64. The van der Waals surface area contributed by atoms with Crippen LogP contribution < -0.4 is 4.74 Å². The summed E-state index contributed by atoms with van der Waals surface area (Å²) in [6, 6.07) is 15.9. The lowest BCUT2D eigenvalue weighted by molar-refractivity contribution is 0.242. The molecule has 0 atom stereocenters. The number of hydrogen-bond acceptors (Lipinski definition) is 2. The second kappa shape index (κ2) is 5.90. The highest BCUT2D eigenvalue weighted by Gasteiger charge is 2.07. The van der Waals surface area contributed by atoms with Crippen LogP contribution >= 0.6 is 15.9 Å². The number of nitrogens with zero attached hydrogens (tertiary/aromatic N) is 1. The Morgan fingerprint density at radius 1 is 1.05 bits per heavy atom. The zero-order valence-electron chi connectivity index (χ0n) is 10.9. The fraction of sp³-hybridized carbons (Fsp3) is 0.188. The minimum atomic E-state index is 0.0608. The molecule has 0 saturated carbocycles. The molecule has 0 saturated heterocycles. The summed E-state index contributed by atoms with van der Waals surface area (Å²) in [5.41, 5.74) is 2.66. The van der Waals surface area contributed by atoms with Gasteiger partial charge in [-0.05, 0) is 49.2 Å². The summed E-state index contributed by atoms with van der Waals surface area (Å²) in [4.78, 5) is 0. The Morgan fingerprint density at radius 3 is 2.26 bits per heavy atom. The van der Waals surface area contributed by atoms with Crippen molar-refractivity contribution in [2.24, 2.45) is 0 Å². The van der Waals surface area contributed by atoms with E-state index in [2.05, 4.69) is 22.0 Å². The topological polar surface area (TPSA) is 33.0 Å². The Hall–Kier alpha value is -1.79. The maximum atomic E-state index is 9.21. The Labute approximate surface area is 121 Å². The monoisotopic (exact) mass is 315 g/mol. The van der Waals surface area contributed by atoms with Crippen molar-refractivity contribution in [3.8, 4) is 22.9 Å². The molecule has 0 heterocycles. The first-order valence-corrected chi connectivity index (χ1v) is 6.86. The highest BCUT2D eigenvalue weighted by atomic mass is 79.9. The predicted molar refractivity (Wildman–Crippen MR) is 80.1 cm³/mol. The van der Waals surface area contributed by atoms with Crippen molar-refractivity contribution >= 4 is 15.9 Å². The molecule has 19 heavy (non-hydrogen) atoms.